The molecule has 3 heterocycles. The van der Waals surface area contributed by atoms with Gasteiger partial charge in [0.1, 0.15) is 6.54 Å². The first-order valence-corrected chi connectivity index (χ1v) is 13.1. The number of benzene rings is 1. The van der Waals surface area contributed by atoms with Crippen LogP contribution in [0, 0.1) is 5.92 Å². The summed E-state index contributed by atoms with van der Waals surface area (Å²) in [5.41, 5.74) is 0.737. The smallest absolute Gasteiger partial charge is 0.257 e. The van der Waals surface area contributed by atoms with E-state index in [4.69, 9.17) is 16.1 Å². The van der Waals surface area contributed by atoms with Gasteiger partial charge in [-0.1, -0.05) is 16.8 Å². The molecular weight excluding hydrogens is 498 g/mol. The molecule has 0 spiro atoms. The number of carbonyl (C=O) groups excluding carboxylic acids is 3. The number of nitrogens with one attached hydrogen (secondary N) is 2. The van der Waals surface area contributed by atoms with Crippen molar-refractivity contribution < 1.29 is 18.9 Å². The molecule has 2 aromatic rings. The highest BCUT2D eigenvalue weighted by Gasteiger charge is 2.42. The Morgan fingerprint density at radius 3 is 2.65 bits per heavy atom. The zero-order chi connectivity index (χ0) is 25.9. The highest BCUT2D eigenvalue weighted by atomic mass is 35.5. The van der Waals surface area contributed by atoms with Gasteiger partial charge in [0.05, 0.1) is 19.1 Å². The van der Waals surface area contributed by atoms with Crippen LogP contribution in [0.25, 0.3) is 11.5 Å². The van der Waals surface area contributed by atoms with Crippen molar-refractivity contribution in [2.75, 3.05) is 39.4 Å². The number of fused-ring (bicyclic) bond motifs is 1. The molecule has 198 valence electrons. The van der Waals surface area contributed by atoms with Crippen molar-refractivity contribution in [1.82, 2.24) is 35.5 Å². The van der Waals surface area contributed by atoms with Gasteiger partial charge in [0.15, 0.2) is 5.82 Å². The van der Waals surface area contributed by atoms with Crippen LogP contribution in [0.15, 0.2) is 28.8 Å². The van der Waals surface area contributed by atoms with Gasteiger partial charge in [-0.25, -0.2) is 0 Å². The van der Waals surface area contributed by atoms with Gasteiger partial charge in [-0.2, -0.15) is 4.98 Å². The summed E-state index contributed by atoms with van der Waals surface area (Å²) in [6, 6.07) is 7.50. The van der Waals surface area contributed by atoms with Gasteiger partial charge >= 0.3 is 0 Å². The molecule has 1 aliphatic carbocycles. The number of aromatic nitrogens is 2. The maximum Gasteiger partial charge on any atom is 0.257 e. The maximum atomic E-state index is 13.3. The van der Waals surface area contributed by atoms with Crippen LogP contribution in [-0.4, -0.2) is 94.0 Å². The molecule has 2 aliphatic heterocycles. The number of amides is 3. The lowest BCUT2D eigenvalue weighted by atomic mass is 9.79. The van der Waals surface area contributed by atoms with Gasteiger partial charge in [-0.15, -0.1) is 0 Å². The fraction of sp³-hybridized carbons (Fsp3) is 0.560. The molecule has 2 N–H and O–H groups in total. The Labute approximate surface area is 220 Å². The predicted octanol–water partition coefficient (Wildman–Crippen LogP) is 1.10. The summed E-state index contributed by atoms with van der Waals surface area (Å²) in [4.78, 5) is 47.8. The summed E-state index contributed by atoms with van der Waals surface area (Å²) in [6.07, 6.45) is 2.73. The van der Waals surface area contributed by atoms with Gasteiger partial charge in [0.25, 0.3) is 5.89 Å². The predicted molar refractivity (Wildman–Crippen MR) is 135 cm³/mol. The van der Waals surface area contributed by atoms with Gasteiger partial charge in [-0.05, 0) is 43.5 Å². The van der Waals surface area contributed by atoms with Crippen LogP contribution in [0.4, 0.5) is 0 Å². The minimum absolute atomic E-state index is 0.0237. The van der Waals surface area contributed by atoms with E-state index < -0.39 is 0 Å². The van der Waals surface area contributed by atoms with E-state index in [1.165, 1.54) is 0 Å². The molecule has 3 fully saturated rings. The second-order valence-electron chi connectivity index (χ2n) is 9.92. The van der Waals surface area contributed by atoms with Gasteiger partial charge in [0, 0.05) is 55.8 Å². The number of halogens is 1. The molecular formula is C25H32ClN7O4. The first-order valence-electron chi connectivity index (χ1n) is 12.7. The molecule has 1 aromatic carbocycles. The molecule has 3 amide bonds. The van der Waals surface area contributed by atoms with E-state index in [2.05, 4.69) is 25.7 Å². The second-order valence-corrected chi connectivity index (χ2v) is 10.4. The Morgan fingerprint density at radius 1 is 1.16 bits per heavy atom. The summed E-state index contributed by atoms with van der Waals surface area (Å²) < 4.78 is 5.27. The standard InChI is InChI=1S/C25H32ClN7O4/c1-16(34)31-8-10-32(11-9-31)19-6-7-21-20(12-19)25(36)33(15-28-21)14-23(35)27-13-22-29-24(37-30-22)17-2-4-18(26)5-3-17/h2-5,19-21,28H,6-15H2,1H3,(H,27,35). The summed E-state index contributed by atoms with van der Waals surface area (Å²) in [6.45, 7) is 5.19. The lowest BCUT2D eigenvalue weighted by Crippen LogP contribution is -2.62. The van der Waals surface area contributed by atoms with Crippen molar-refractivity contribution in [3.05, 3.63) is 35.1 Å². The van der Waals surface area contributed by atoms with Crippen molar-refractivity contribution >= 4 is 29.3 Å². The van der Waals surface area contributed by atoms with Crippen LogP contribution in [-0.2, 0) is 20.9 Å². The normalized spacial score (nSPS) is 24.6. The number of hydrogen-bond donors (Lipinski definition) is 2. The average molecular weight is 530 g/mol. The first-order chi connectivity index (χ1) is 17.9. The molecule has 2 saturated heterocycles. The van der Waals surface area contributed by atoms with E-state index in [-0.39, 0.29) is 42.8 Å². The first kappa shape index (κ1) is 25.6. The molecule has 11 nitrogen and oxygen atoms in total. The number of carbonyl (C=O) groups is 3. The van der Waals surface area contributed by atoms with Crippen LogP contribution < -0.4 is 10.6 Å². The van der Waals surface area contributed by atoms with Crippen molar-refractivity contribution in [1.29, 1.82) is 0 Å². The van der Waals surface area contributed by atoms with E-state index in [1.54, 1.807) is 36.1 Å². The fourth-order valence-electron chi connectivity index (χ4n) is 5.52. The monoisotopic (exact) mass is 529 g/mol. The van der Waals surface area contributed by atoms with Crippen LogP contribution >= 0.6 is 11.6 Å². The van der Waals surface area contributed by atoms with Crippen LogP contribution in [0.5, 0.6) is 0 Å². The number of nitrogens with zero attached hydrogens (tertiary/aromatic N) is 5. The zero-order valence-corrected chi connectivity index (χ0v) is 21.6. The Balaban J connectivity index is 1.11. The third kappa shape index (κ3) is 5.94. The van der Waals surface area contributed by atoms with E-state index >= 15 is 0 Å². The maximum absolute atomic E-state index is 13.3. The molecule has 0 radical (unpaired) electrons. The number of hydrogen-bond acceptors (Lipinski definition) is 8. The minimum Gasteiger partial charge on any atom is -0.347 e. The summed E-state index contributed by atoms with van der Waals surface area (Å²) in [7, 11) is 0. The van der Waals surface area contributed by atoms with Crippen molar-refractivity contribution in [3.8, 4) is 11.5 Å². The molecule has 3 atom stereocenters. The largest absolute Gasteiger partial charge is 0.347 e. The summed E-state index contributed by atoms with van der Waals surface area (Å²) >= 11 is 5.91. The third-order valence-corrected chi connectivity index (χ3v) is 7.86. The Bertz CT molecular complexity index is 1130. The summed E-state index contributed by atoms with van der Waals surface area (Å²) in [5, 5.41) is 10.8. The number of piperazine rings is 1. The topological polar surface area (TPSA) is 124 Å². The number of rotatable bonds is 6. The zero-order valence-electron chi connectivity index (χ0n) is 20.9. The molecule has 5 rings (SSSR count). The van der Waals surface area contributed by atoms with Gasteiger partial charge in [-0.3, -0.25) is 24.6 Å². The van der Waals surface area contributed by atoms with Crippen LogP contribution in [0.2, 0.25) is 5.02 Å². The van der Waals surface area contributed by atoms with Gasteiger partial charge in [0.2, 0.25) is 17.7 Å². The van der Waals surface area contributed by atoms with Crippen LogP contribution in [0.1, 0.15) is 32.0 Å². The van der Waals surface area contributed by atoms with Crippen LogP contribution in [0.3, 0.4) is 0 Å². The molecule has 37 heavy (non-hydrogen) atoms. The molecule has 0 bridgehead atoms. The third-order valence-electron chi connectivity index (χ3n) is 7.61. The van der Waals surface area contributed by atoms with E-state index in [0.29, 0.717) is 29.4 Å². The molecule has 1 saturated carbocycles. The molecule has 3 aliphatic rings. The fourth-order valence-corrected chi connectivity index (χ4v) is 5.64. The van der Waals surface area contributed by atoms with E-state index in [0.717, 1.165) is 51.0 Å². The highest BCUT2D eigenvalue weighted by molar-refractivity contribution is 6.30. The van der Waals surface area contributed by atoms with Crippen molar-refractivity contribution in [3.63, 3.8) is 0 Å². The highest BCUT2D eigenvalue weighted by Crippen LogP contribution is 2.32. The molecule has 12 heteroatoms. The van der Waals surface area contributed by atoms with Crippen molar-refractivity contribution in [2.24, 2.45) is 5.92 Å². The van der Waals surface area contributed by atoms with E-state index in [9.17, 15) is 14.4 Å². The molecule has 1 aromatic heterocycles. The Kier molecular flexibility index (Phi) is 7.73. The Hall–Kier alpha value is -3.02. The van der Waals surface area contributed by atoms with E-state index in [1.807, 2.05) is 4.90 Å². The van der Waals surface area contributed by atoms with Crippen molar-refractivity contribution in [2.45, 2.75) is 44.8 Å². The Morgan fingerprint density at radius 2 is 1.92 bits per heavy atom. The molecule has 3 unspecified atom stereocenters. The minimum atomic E-state index is -0.279. The average Bonchev–Trinajstić information content (AvgIpc) is 3.38. The SMILES string of the molecule is CC(=O)N1CCN(C2CCC3NCN(CC(=O)NCc4noc(-c5ccc(Cl)cc5)n4)C(=O)C3C2)CC1. The lowest BCUT2D eigenvalue weighted by molar-refractivity contribution is -0.146. The summed E-state index contributed by atoms with van der Waals surface area (Å²) in [5.74, 6) is 0.406. The second kappa shape index (κ2) is 11.2. The van der Waals surface area contributed by atoms with Gasteiger partial charge < -0.3 is 19.6 Å². The lowest BCUT2D eigenvalue weighted by Gasteiger charge is -2.47. The quantitative estimate of drug-likeness (QED) is 0.570.